The van der Waals surface area contributed by atoms with Gasteiger partial charge in [0.15, 0.2) is 0 Å². The summed E-state index contributed by atoms with van der Waals surface area (Å²) in [4.78, 5) is 4.33. The van der Waals surface area contributed by atoms with Crippen LogP contribution in [0.5, 0.6) is 11.5 Å². The molecule has 3 N–H and O–H groups in total. The number of fused-ring (bicyclic) bond motifs is 1. The third-order valence-electron chi connectivity index (χ3n) is 4.77. The van der Waals surface area contributed by atoms with Gasteiger partial charge in [-0.25, -0.2) is 0 Å². The summed E-state index contributed by atoms with van der Waals surface area (Å²) in [7, 11) is 0. The van der Waals surface area contributed by atoms with Gasteiger partial charge in [0.2, 0.25) is 0 Å². The van der Waals surface area contributed by atoms with Gasteiger partial charge in [-0.1, -0.05) is 24.3 Å². The van der Waals surface area contributed by atoms with Gasteiger partial charge in [-0.3, -0.25) is 4.98 Å². The second-order valence-electron chi connectivity index (χ2n) is 6.66. The Balaban J connectivity index is 1.62. The first-order chi connectivity index (χ1) is 13.2. The molecule has 0 bridgehead atoms. The zero-order valence-electron chi connectivity index (χ0n) is 14.6. The number of hydrogen-bond donors (Lipinski definition) is 3. The largest absolute Gasteiger partial charge is 0.457 e. The molecule has 4 rings (SSSR count). The van der Waals surface area contributed by atoms with E-state index >= 15 is 0 Å². The Labute approximate surface area is 156 Å². The zero-order valence-corrected chi connectivity index (χ0v) is 14.6. The smallest absolute Gasteiger partial charge is 0.138 e. The molecule has 2 aromatic carbocycles. The van der Waals surface area contributed by atoms with Gasteiger partial charge in [0.05, 0.1) is 24.3 Å². The van der Waals surface area contributed by atoms with Crippen LogP contribution >= 0.6 is 0 Å². The van der Waals surface area contributed by atoms with Crippen molar-refractivity contribution in [2.75, 3.05) is 6.61 Å². The van der Waals surface area contributed by atoms with Gasteiger partial charge in [0.25, 0.3) is 0 Å². The van der Waals surface area contributed by atoms with E-state index in [1.54, 1.807) is 30.5 Å². The molecule has 6 nitrogen and oxygen atoms in total. The van der Waals surface area contributed by atoms with Gasteiger partial charge >= 0.3 is 0 Å². The molecule has 0 saturated carbocycles. The number of aliphatic hydroxyl groups is 3. The summed E-state index contributed by atoms with van der Waals surface area (Å²) in [6.07, 6.45) is -1.37. The number of aliphatic hydroxyl groups excluding tert-OH is 3. The van der Waals surface area contributed by atoms with Gasteiger partial charge in [0.1, 0.15) is 23.7 Å². The molecule has 1 aliphatic heterocycles. The average Bonchev–Trinajstić information content (AvgIpc) is 2.70. The maximum absolute atomic E-state index is 10.3. The maximum atomic E-state index is 10.3. The molecule has 1 aliphatic rings. The normalized spacial score (nSPS) is 25.4. The average molecular weight is 367 g/mol. The number of ether oxygens (including phenoxy) is 2. The van der Waals surface area contributed by atoms with E-state index in [1.807, 2.05) is 30.3 Å². The lowest BCUT2D eigenvalue weighted by Gasteiger charge is -2.36. The van der Waals surface area contributed by atoms with Gasteiger partial charge in [-0.05, 0) is 35.9 Å². The number of nitrogens with zero attached hydrogens (tertiary/aromatic N) is 1. The molecule has 0 amide bonds. The van der Waals surface area contributed by atoms with Crippen LogP contribution in [0.1, 0.15) is 18.1 Å². The summed E-state index contributed by atoms with van der Waals surface area (Å²) in [5.41, 5.74) is 1.52. The highest BCUT2D eigenvalue weighted by molar-refractivity contribution is 5.84. The molecule has 4 unspecified atom stereocenters. The highest BCUT2D eigenvalue weighted by Gasteiger charge is 2.37. The van der Waals surface area contributed by atoms with Crippen LogP contribution in [0.2, 0.25) is 0 Å². The lowest BCUT2D eigenvalue weighted by Crippen LogP contribution is -2.44. The molecule has 2 heterocycles. The van der Waals surface area contributed by atoms with Crippen LogP contribution in [0.4, 0.5) is 0 Å². The summed E-state index contributed by atoms with van der Waals surface area (Å²) in [5.74, 6) is 1.26. The summed E-state index contributed by atoms with van der Waals surface area (Å²) < 4.78 is 11.8. The minimum atomic E-state index is -1.06. The number of aromatic nitrogens is 1. The van der Waals surface area contributed by atoms with Crippen molar-refractivity contribution < 1.29 is 24.8 Å². The predicted molar refractivity (Wildman–Crippen MR) is 99.6 cm³/mol. The fourth-order valence-corrected chi connectivity index (χ4v) is 3.39. The molecular weight excluding hydrogens is 346 g/mol. The first-order valence-corrected chi connectivity index (χ1v) is 8.89. The number of benzene rings is 2. The van der Waals surface area contributed by atoms with Crippen molar-refractivity contribution in [2.45, 2.75) is 30.8 Å². The summed E-state index contributed by atoms with van der Waals surface area (Å²) in [6, 6.07) is 16.7. The summed E-state index contributed by atoms with van der Waals surface area (Å²) in [5, 5.41) is 30.6. The van der Waals surface area contributed by atoms with E-state index in [0.717, 1.165) is 10.9 Å². The van der Waals surface area contributed by atoms with Crippen LogP contribution in [0.3, 0.4) is 0 Å². The molecular formula is C21H21NO5. The van der Waals surface area contributed by atoms with E-state index in [9.17, 15) is 15.3 Å². The van der Waals surface area contributed by atoms with Crippen molar-refractivity contribution in [3.63, 3.8) is 0 Å². The molecule has 0 aliphatic carbocycles. The van der Waals surface area contributed by atoms with Crippen LogP contribution in [0.25, 0.3) is 10.9 Å². The van der Waals surface area contributed by atoms with Crippen LogP contribution in [0, 0.1) is 0 Å². The second-order valence-corrected chi connectivity index (χ2v) is 6.66. The van der Waals surface area contributed by atoms with Gasteiger partial charge < -0.3 is 24.8 Å². The van der Waals surface area contributed by atoms with Crippen LogP contribution in [-0.4, -0.2) is 45.2 Å². The van der Waals surface area contributed by atoms with Crippen LogP contribution < -0.4 is 4.74 Å². The van der Waals surface area contributed by atoms with Crippen molar-refractivity contribution in [1.82, 2.24) is 4.98 Å². The highest BCUT2D eigenvalue weighted by atomic mass is 16.5. The Morgan fingerprint density at radius 2 is 1.93 bits per heavy atom. The van der Waals surface area contributed by atoms with Crippen molar-refractivity contribution in [3.05, 3.63) is 66.4 Å². The lowest BCUT2D eigenvalue weighted by atomic mass is 9.93. The quantitative estimate of drug-likeness (QED) is 0.656. The van der Waals surface area contributed by atoms with Crippen molar-refractivity contribution >= 4 is 10.9 Å². The molecule has 27 heavy (non-hydrogen) atoms. The monoisotopic (exact) mass is 367 g/mol. The Hall–Kier alpha value is -2.51. The zero-order chi connectivity index (χ0) is 18.8. The van der Waals surface area contributed by atoms with E-state index in [1.165, 1.54) is 0 Å². The number of pyridine rings is 1. The van der Waals surface area contributed by atoms with Crippen molar-refractivity contribution in [1.29, 1.82) is 0 Å². The van der Waals surface area contributed by atoms with E-state index < -0.39 is 24.4 Å². The lowest BCUT2D eigenvalue weighted by molar-refractivity contribution is -0.179. The number of hydrogen-bond acceptors (Lipinski definition) is 6. The van der Waals surface area contributed by atoms with E-state index in [-0.39, 0.29) is 13.0 Å². The molecule has 0 spiro atoms. The fourth-order valence-electron chi connectivity index (χ4n) is 3.39. The first-order valence-electron chi connectivity index (χ1n) is 8.89. The first kappa shape index (κ1) is 17.9. The standard InChI is InChI=1S/C21H21NO5/c23-12-15-11-18(24)20(25)21(27-15)13-4-3-5-14(10-13)26-19-8-9-22-17-7-2-1-6-16(17)19/h1-10,15,18,20-21,23-25H,11-12H2. The molecule has 1 aromatic heterocycles. The van der Waals surface area contributed by atoms with E-state index in [2.05, 4.69) is 4.98 Å². The fraction of sp³-hybridized carbons (Fsp3) is 0.286. The highest BCUT2D eigenvalue weighted by Crippen LogP contribution is 2.35. The maximum Gasteiger partial charge on any atom is 0.138 e. The Kier molecular flexibility index (Phi) is 5.05. The summed E-state index contributed by atoms with van der Waals surface area (Å²) >= 11 is 0. The molecule has 140 valence electrons. The molecule has 1 saturated heterocycles. The van der Waals surface area contributed by atoms with Crippen molar-refractivity contribution in [2.24, 2.45) is 0 Å². The minimum Gasteiger partial charge on any atom is -0.457 e. The third kappa shape index (κ3) is 3.65. The van der Waals surface area contributed by atoms with E-state index in [0.29, 0.717) is 17.1 Å². The summed E-state index contributed by atoms with van der Waals surface area (Å²) in [6.45, 7) is -0.209. The Morgan fingerprint density at radius 3 is 2.78 bits per heavy atom. The number of rotatable bonds is 4. The van der Waals surface area contributed by atoms with Gasteiger partial charge in [-0.15, -0.1) is 0 Å². The third-order valence-corrected chi connectivity index (χ3v) is 4.77. The van der Waals surface area contributed by atoms with Crippen molar-refractivity contribution in [3.8, 4) is 11.5 Å². The molecule has 1 fully saturated rings. The SMILES string of the molecule is OCC1CC(O)C(O)C(c2cccc(Oc3ccnc4ccccc34)c2)O1. The topological polar surface area (TPSA) is 92.0 Å². The Morgan fingerprint density at radius 1 is 1.07 bits per heavy atom. The van der Waals surface area contributed by atoms with Gasteiger partial charge in [-0.2, -0.15) is 0 Å². The number of para-hydroxylation sites is 1. The molecule has 3 aromatic rings. The molecule has 6 heteroatoms. The van der Waals surface area contributed by atoms with Crippen LogP contribution in [-0.2, 0) is 4.74 Å². The van der Waals surface area contributed by atoms with E-state index in [4.69, 9.17) is 9.47 Å². The molecule has 0 radical (unpaired) electrons. The Bertz CT molecular complexity index is 926. The van der Waals surface area contributed by atoms with Crippen LogP contribution in [0.15, 0.2) is 60.8 Å². The minimum absolute atomic E-state index is 0.202. The molecule has 4 atom stereocenters. The second kappa shape index (κ2) is 7.62. The predicted octanol–water partition coefficient (Wildman–Crippen LogP) is 2.57. The van der Waals surface area contributed by atoms with Gasteiger partial charge in [0, 0.05) is 18.0 Å².